The van der Waals surface area contributed by atoms with Gasteiger partial charge in [-0.25, -0.2) is 13.8 Å². The lowest BCUT2D eigenvalue weighted by Gasteiger charge is -2.32. The summed E-state index contributed by atoms with van der Waals surface area (Å²) in [6.07, 6.45) is 11.4. The summed E-state index contributed by atoms with van der Waals surface area (Å²) in [6, 6.07) is 5.73. The zero-order chi connectivity index (χ0) is 30.4. The normalized spacial score (nSPS) is 17.4. The van der Waals surface area contributed by atoms with Crippen molar-refractivity contribution in [3.63, 3.8) is 0 Å². The van der Waals surface area contributed by atoms with Gasteiger partial charge >= 0.3 is 6.01 Å². The third-order valence-electron chi connectivity index (χ3n) is 9.39. The Morgan fingerprint density at radius 2 is 1.89 bits per heavy atom. The van der Waals surface area contributed by atoms with E-state index in [4.69, 9.17) is 25.9 Å². The fraction of sp³-hybridized carbons (Fsp3) is 0.441. The van der Waals surface area contributed by atoms with Crippen LogP contribution >= 0.6 is 0 Å². The summed E-state index contributed by atoms with van der Waals surface area (Å²) < 4.78 is 43.5. The molecule has 8 nitrogen and oxygen atoms in total. The van der Waals surface area contributed by atoms with Gasteiger partial charge in [0.05, 0.1) is 22.2 Å². The van der Waals surface area contributed by atoms with E-state index in [0.29, 0.717) is 67.0 Å². The number of halogens is 2. The third-order valence-corrected chi connectivity index (χ3v) is 9.39. The molecule has 7 rings (SSSR count). The van der Waals surface area contributed by atoms with Gasteiger partial charge in [-0.1, -0.05) is 12.0 Å². The van der Waals surface area contributed by atoms with Gasteiger partial charge in [0.25, 0.3) is 0 Å². The first-order valence-corrected chi connectivity index (χ1v) is 15.5. The van der Waals surface area contributed by atoms with E-state index >= 15 is 4.39 Å². The van der Waals surface area contributed by atoms with Gasteiger partial charge < -0.3 is 19.5 Å². The number of anilines is 1. The van der Waals surface area contributed by atoms with Crippen molar-refractivity contribution >= 4 is 27.5 Å². The fourth-order valence-electron chi connectivity index (χ4n) is 7.34. The molecule has 10 heteroatoms. The largest absolute Gasteiger partial charge is 0.508 e. The highest BCUT2D eigenvalue weighted by molar-refractivity contribution is 6.03. The van der Waals surface area contributed by atoms with Crippen molar-refractivity contribution in [1.82, 2.24) is 19.9 Å². The SMILES string of the molecule is C#Cc1c(F)ccc2cc(O)cc(-c3nc4c5c(nc(OCC67CCCN6CCC7)nc5c3F)N(CCCOCC)CC4)c12. The van der Waals surface area contributed by atoms with Crippen LogP contribution in [-0.2, 0) is 11.2 Å². The van der Waals surface area contributed by atoms with Crippen LogP contribution in [0.2, 0.25) is 0 Å². The van der Waals surface area contributed by atoms with Crippen LogP contribution in [0.25, 0.3) is 32.9 Å². The zero-order valence-electron chi connectivity index (χ0n) is 24.8. The molecule has 228 valence electrons. The number of pyridine rings is 1. The van der Waals surface area contributed by atoms with Crippen molar-refractivity contribution in [3.05, 3.63) is 47.2 Å². The number of terminal acetylenes is 1. The maximum absolute atomic E-state index is 16.8. The molecular formula is C34H35F2N5O3. The Morgan fingerprint density at radius 3 is 2.66 bits per heavy atom. The van der Waals surface area contributed by atoms with Crippen molar-refractivity contribution < 1.29 is 23.4 Å². The van der Waals surface area contributed by atoms with E-state index < -0.39 is 11.6 Å². The topological polar surface area (TPSA) is 83.8 Å². The second kappa shape index (κ2) is 11.5. The molecule has 0 atom stereocenters. The molecule has 0 spiro atoms. The van der Waals surface area contributed by atoms with Crippen molar-refractivity contribution in [3.8, 4) is 35.4 Å². The molecule has 2 aromatic heterocycles. The summed E-state index contributed by atoms with van der Waals surface area (Å²) in [5, 5.41) is 11.9. The minimum absolute atomic E-state index is 0.0164. The smallest absolute Gasteiger partial charge is 0.319 e. The molecule has 2 saturated heterocycles. The number of aromatic hydroxyl groups is 1. The van der Waals surface area contributed by atoms with Crippen LogP contribution in [0.3, 0.4) is 0 Å². The van der Waals surface area contributed by atoms with Gasteiger partial charge in [0.1, 0.15) is 35.2 Å². The summed E-state index contributed by atoms with van der Waals surface area (Å²) in [6.45, 7) is 7.07. The summed E-state index contributed by atoms with van der Waals surface area (Å²) in [7, 11) is 0. The molecule has 3 aliphatic rings. The van der Waals surface area contributed by atoms with Crippen LogP contribution in [0, 0.1) is 24.0 Å². The monoisotopic (exact) mass is 599 g/mol. The maximum Gasteiger partial charge on any atom is 0.319 e. The number of aromatic nitrogens is 3. The maximum atomic E-state index is 16.8. The van der Waals surface area contributed by atoms with Gasteiger partial charge in [-0.2, -0.15) is 9.97 Å². The average molecular weight is 600 g/mol. The molecule has 5 heterocycles. The molecule has 4 aromatic rings. The molecular weight excluding hydrogens is 564 g/mol. The minimum Gasteiger partial charge on any atom is -0.508 e. The first kappa shape index (κ1) is 28.7. The Hall–Kier alpha value is -4.07. The summed E-state index contributed by atoms with van der Waals surface area (Å²) in [4.78, 5) is 18.9. The van der Waals surface area contributed by atoms with E-state index in [1.54, 1.807) is 0 Å². The molecule has 0 saturated carbocycles. The number of ether oxygens (including phenoxy) is 2. The molecule has 0 radical (unpaired) electrons. The van der Waals surface area contributed by atoms with Crippen molar-refractivity contribution in [2.45, 2.75) is 51.0 Å². The van der Waals surface area contributed by atoms with Crippen LogP contribution in [0.1, 0.15) is 50.3 Å². The Bertz CT molecular complexity index is 1800. The van der Waals surface area contributed by atoms with Gasteiger partial charge in [-0.05, 0) is 75.7 Å². The summed E-state index contributed by atoms with van der Waals surface area (Å²) >= 11 is 0. The van der Waals surface area contributed by atoms with Gasteiger partial charge in [0.2, 0.25) is 0 Å². The number of benzene rings is 2. The highest BCUT2D eigenvalue weighted by Gasteiger charge is 2.45. The van der Waals surface area contributed by atoms with Crippen LogP contribution in [0.15, 0.2) is 24.3 Å². The summed E-state index contributed by atoms with van der Waals surface area (Å²) in [5.74, 6) is 1.58. The Balaban J connectivity index is 1.38. The highest BCUT2D eigenvalue weighted by atomic mass is 19.1. The van der Waals surface area contributed by atoms with Crippen LogP contribution in [-0.4, -0.2) is 76.5 Å². The quantitative estimate of drug-likeness (QED) is 0.197. The first-order chi connectivity index (χ1) is 21.4. The van der Waals surface area contributed by atoms with Gasteiger partial charge in [-0.15, -0.1) is 6.42 Å². The molecule has 44 heavy (non-hydrogen) atoms. The average Bonchev–Trinajstić information content (AvgIpc) is 3.61. The number of fused-ring (bicyclic) bond motifs is 2. The van der Waals surface area contributed by atoms with Gasteiger partial charge in [0, 0.05) is 43.7 Å². The van der Waals surface area contributed by atoms with E-state index in [-0.39, 0.29) is 39.6 Å². The molecule has 1 N–H and O–H groups in total. The highest BCUT2D eigenvalue weighted by Crippen LogP contribution is 2.42. The van der Waals surface area contributed by atoms with E-state index in [9.17, 15) is 9.50 Å². The molecule has 3 aliphatic heterocycles. The van der Waals surface area contributed by atoms with Crippen LogP contribution in [0.4, 0.5) is 14.6 Å². The molecule has 2 fully saturated rings. The van der Waals surface area contributed by atoms with Crippen molar-refractivity contribution in [2.75, 3.05) is 50.9 Å². The van der Waals surface area contributed by atoms with E-state index in [1.165, 1.54) is 24.3 Å². The number of hydrogen-bond donors (Lipinski definition) is 1. The predicted octanol–water partition coefficient (Wildman–Crippen LogP) is 5.61. The predicted molar refractivity (Wildman–Crippen MR) is 165 cm³/mol. The molecule has 0 unspecified atom stereocenters. The molecule has 2 aromatic carbocycles. The lowest BCUT2D eigenvalue weighted by molar-refractivity contribution is 0.108. The second-order valence-corrected chi connectivity index (χ2v) is 11.9. The lowest BCUT2D eigenvalue weighted by atomic mass is 9.95. The number of nitrogens with zero attached hydrogens (tertiary/aromatic N) is 5. The second-order valence-electron chi connectivity index (χ2n) is 11.9. The Kier molecular flexibility index (Phi) is 7.47. The van der Waals surface area contributed by atoms with Gasteiger partial charge in [0.15, 0.2) is 5.82 Å². The van der Waals surface area contributed by atoms with E-state index in [2.05, 4.69) is 20.7 Å². The molecule has 0 amide bonds. The summed E-state index contributed by atoms with van der Waals surface area (Å²) in [5.41, 5.74) is 0.823. The number of hydrogen-bond acceptors (Lipinski definition) is 8. The molecule has 0 aliphatic carbocycles. The third kappa shape index (κ3) is 4.79. The van der Waals surface area contributed by atoms with Gasteiger partial charge in [-0.3, -0.25) is 4.90 Å². The standard InChI is InChI=1S/C34H35F2N5O3/c1-3-23-25(35)9-8-21-18-22(42)19-24(27(21)23)30-29(36)31-28-26(37-30)10-16-40(13-7-17-43-4-2)32(28)39-33(38-31)44-20-34-11-5-14-41(34)15-6-12-34/h1,8-9,18-19,42H,4-7,10-17,20H2,2H3. The van der Waals surface area contributed by atoms with Crippen molar-refractivity contribution in [1.29, 1.82) is 0 Å². The number of phenolic OH excluding ortho intramolecular Hbond substituents is 1. The van der Waals surface area contributed by atoms with E-state index in [1.807, 2.05) is 6.92 Å². The van der Waals surface area contributed by atoms with Crippen LogP contribution in [0.5, 0.6) is 11.8 Å². The minimum atomic E-state index is -0.700. The molecule has 0 bridgehead atoms. The van der Waals surface area contributed by atoms with E-state index in [0.717, 1.165) is 45.2 Å². The van der Waals surface area contributed by atoms with Crippen LogP contribution < -0.4 is 9.64 Å². The van der Waals surface area contributed by atoms with Crippen molar-refractivity contribution in [2.24, 2.45) is 0 Å². The lowest BCUT2D eigenvalue weighted by Crippen LogP contribution is -2.43. The zero-order valence-corrected chi connectivity index (χ0v) is 24.8. The Labute approximate surface area is 255 Å². The number of phenols is 1. The fourth-order valence-corrected chi connectivity index (χ4v) is 7.34. The first-order valence-electron chi connectivity index (χ1n) is 15.5. The Morgan fingerprint density at radius 1 is 1.07 bits per heavy atom. The number of rotatable bonds is 9.